The minimum atomic E-state index is -3.02. The van der Waals surface area contributed by atoms with Gasteiger partial charge in [0.2, 0.25) is 17.1 Å². The molecule has 0 fully saturated rings. The Labute approximate surface area is 226 Å². The third kappa shape index (κ3) is 6.55. The summed E-state index contributed by atoms with van der Waals surface area (Å²) in [4.78, 5) is 18.9. The summed E-state index contributed by atoms with van der Waals surface area (Å²) in [6, 6.07) is 18.9. The van der Waals surface area contributed by atoms with Crippen LogP contribution in [0, 0.1) is 19.7 Å². The highest BCUT2D eigenvalue weighted by Crippen LogP contribution is 2.35. The third-order valence-corrected chi connectivity index (χ3v) is 6.36. The molecular weight excluding hydrogens is 524 g/mol. The largest absolute Gasteiger partial charge is 0.375 e. The second kappa shape index (κ2) is 11.4. The molecule has 0 aliphatic carbocycles. The summed E-state index contributed by atoms with van der Waals surface area (Å²) in [7, 11) is 4.91. The van der Waals surface area contributed by atoms with Gasteiger partial charge in [-0.1, -0.05) is 74.6 Å². The first-order valence-corrected chi connectivity index (χ1v) is 12.6. The van der Waals surface area contributed by atoms with Crippen LogP contribution in [0.3, 0.4) is 0 Å². The topological polar surface area (TPSA) is 64.2 Å². The molecule has 0 bridgehead atoms. The van der Waals surface area contributed by atoms with Crippen LogP contribution in [0.4, 0.5) is 18.9 Å². The monoisotopic (exact) mass is 552 g/mol. The van der Waals surface area contributed by atoms with Crippen LogP contribution in [0.1, 0.15) is 22.6 Å². The molecule has 10 heteroatoms. The van der Waals surface area contributed by atoms with Crippen LogP contribution in [0.2, 0.25) is 0 Å². The first-order valence-electron chi connectivity index (χ1n) is 12.1. The van der Waals surface area contributed by atoms with E-state index in [2.05, 4.69) is 29.2 Å². The second-order valence-corrected chi connectivity index (χ2v) is 10.1. The van der Waals surface area contributed by atoms with Crippen LogP contribution in [-0.4, -0.2) is 28.8 Å². The van der Waals surface area contributed by atoms with E-state index in [0.717, 1.165) is 5.56 Å². The average molecular weight is 553 g/mol. The maximum absolute atomic E-state index is 14.7. The zero-order valence-electron chi connectivity index (χ0n) is 22.0. The van der Waals surface area contributed by atoms with Gasteiger partial charge in [-0.2, -0.15) is 13.8 Å². The van der Waals surface area contributed by atoms with Gasteiger partial charge < -0.3 is 14.0 Å². The van der Waals surface area contributed by atoms with Crippen molar-refractivity contribution < 1.29 is 17.7 Å². The summed E-state index contributed by atoms with van der Waals surface area (Å²) in [5.41, 5.74) is -0.586. The zero-order chi connectivity index (χ0) is 28.3. The van der Waals surface area contributed by atoms with Crippen molar-refractivity contribution in [2.75, 3.05) is 19.0 Å². The fraction of sp³-hybridized carbons (Fsp3) is 0.207. The van der Waals surface area contributed by atoms with Crippen molar-refractivity contribution in [2.24, 2.45) is 0 Å². The highest BCUT2D eigenvalue weighted by molar-refractivity contribution is 7.17. The molecule has 2 heterocycles. The van der Waals surface area contributed by atoms with Gasteiger partial charge in [0.25, 0.3) is 5.66 Å². The lowest BCUT2D eigenvalue weighted by molar-refractivity contribution is 0.104. The Kier molecular flexibility index (Phi) is 8.21. The fourth-order valence-electron chi connectivity index (χ4n) is 4.00. The highest BCUT2D eigenvalue weighted by atomic mass is 31.0. The Morgan fingerprint density at radius 3 is 2.21 bits per heavy atom. The summed E-state index contributed by atoms with van der Waals surface area (Å²) < 4.78 is 48.5. The minimum absolute atomic E-state index is 0.0956. The van der Waals surface area contributed by atoms with Crippen molar-refractivity contribution >= 4 is 25.8 Å². The predicted octanol–water partition coefficient (Wildman–Crippen LogP) is 6.53. The van der Waals surface area contributed by atoms with Crippen LogP contribution >= 0.6 is 9.24 Å². The molecule has 0 aliphatic heterocycles. The highest BCUT2D eigenvalue weighted by Gasteiger charge is 2.24. The standard InChI is InChI=1S/C22H20F3N4O2P.C7H8/c1-12-26-21(27-31-12)16-11-29(10-13-4-6-14(7-5-13)22(24,25)32)18-9-19(28(2)3)17(23)8-15(18)20(16)30;1-7-5-3-2-4-6-7/h4-9,11H,10,32H2,1-3H3;2-6H,1H3. The number of hydrogen-bond donors (Lipinski definition) is 0. The third-order valence-electron chi connectivity index (χ3n) is 6.03. The number of fused-ring (bicyclic) bond motifs is 1. The number of benzene rings is 3. The number of aryl methyl sites for hydroxylation is 2. The van der Waals surface area contributed by atoms with Crippen LogP contribution in [0.5, 0.6) is 0 Å². The van der Waals surface area contributed by atoms with Crippen LogP contribution in [-0.2, 0) is 12.2 Å². The molecule has 0 amide bonds. The first kappa shape index (κ1) is 28.0. The molecule has 0 aliphatic rings. The van der Waals surface area contributed by atoms with Gasteiger partial charge in [0.1, 0.15) is 5.82 Å². The maximum atomic E-state index is 14.7. The lowest BCUT2D eigenvalue weighted by atomic mass is 10.1. The SMILES string of the molecule is Cc1ccccc1.Cc1nc(-c2cn(Cc3ccc(C(F)(F)P)cc3)c3cc(N(C)C)c(F)cc3c2=O)no1. The molecule has 0 radical (unpaired) electrons. The average Bonchev–Trinajstić information content (AvgIpc) is 3.32. The van der Waals surface area contributed by atoms with E-state index in [1.165, 1.54) is 33.0 Å². The lowest BCUT2D eigenvalue weighted by Gasteiger charge is -2.18. The molecule has 1 atom stereocenters. The number of alkyl halides is 2. The van der Waals surface area contributed by atoms with E-state index in [-0.39, 0.29) is 34.8 Å². The molecule has 5 rings (SSSR count). The number of halogens is 3. The van der Waals surface area contributed by atoms with E-state index < -0.39 is 16.9 Å². The van der Waals surface area contributed by atoms with Gasteiger partial charge in [0.05, 0.1) is 16.8 Å². The zero-order valence-corrected chi connectivity index (χ0v) is 23.1. The van der Waals surface area contributed by atoms with Gasteiger partial charge in [-0.05, 0) is 24.6 Å². The minimum Gasteiger partial charge on any atom is -0.375 e. The maximum Gasteiger partial charge on any atom is 0.283 e. The van der Waals surface area contributed by atoms with Gasteiger partial charge in [0, 0.05) is 44.7 Å². The van der Waals surface area contributed by atoms with Gasteiger partial charge in [-0.3, -0.25) is 4.79 Å². The molecule has 1 unspecified atom stereocenters. The lowest BCUT2D eigenvalue weighted by Crippen LogP contribution is -2.16. The van der Waals surface area contributed by atoms with Crippen molar-refractivity contribution in [1.82, 2.24) is 14.7 Å². The van der Waals surface area contributed by atoms with E-state index >= 15 is 0 Å². The Bertz CT molecular complexity index is 1640. The normalized spacial score (nSPS) is 11.3. The summed E-state index contributed by atoms with van der Waals surface area (Å²) in [5.74, 6) is -0.160. The molecule has 0 saturated heterocycles. The Balaban J connectivity index is 0.000000438. The summed E-state index contributed by atoms with van der Waals surface area (Å²) in [5, 5.41) is 3.98. The van der Waals surface area contributed by atoms with E-state index in [0.29, 0.717) is 11.2 Å². The molecule has 0 saturated carbocycles. The molecule has 0 N–H and O–H groups in total. The van der Waals surface area contributed by atoms with E-state index in [1.54, 1.807) is 54.9 Å². The molecular formula is C29H28F3N4O2P. The second-order valence-electron chi connectivity index (χ2n) is 9.33. The molecule has 2 aromatic heterocycles. The fourth-order valence-corrected chi connectivity index (χ4v) is 4.20. The van der Waals surface area contributed by atoms with E-state index in [4.69, 9.17) is 4.52 Å². The number of nitrogens with zero attached hydrogens (tertiary/aromatic N) is 4. The smallest absolute Gasteiger partial charge is 0.283 e. The number of anilines is 1. The number of hydrogen-bond acceptors (Lipinski definition) is 5. The number of rotatable bonds is 5. The van der Waals surface area contributed by atoms with Crippen molar-refractivity contribution in [3.05, 3.63) is 112 Å². The van der Waals surface area contributed by atoms with Crippen LogP contribution in [0.15, 0.2) is 82.2 Å². The Morgan fingerprint density at radius 1 is 1.03 bits per heavy atom. The van der Waals surface area contributed by atoms with Crippen molar-refractivity contribution in [1.29, 1.82) is 0 Å². The van der Waals surface area contributed by atoms with Gasteiger partial charge >= 0.3 is 0 Å². The Morgan fingerprint density at radius 2 is 1.69 bits per heavy atom. The molecule has 202 valence electrons. The molecule has 3 aromatic carbocycles. The van der Waals surface area contributed by atoms with Crippen molar-refractivity contribution in [3.63, 3.8) is 0 Å². The van der Waals surface area contributed by atoms with Gasteiger partial charge in [0.15, 0.2) is 0 Å². The molecule has 0 spiro atoms. The predicted molar refractivity (Wildman–Crippen MR) is 151 cm³/mol. The van der Waals surface area contributed by atoms with Gasteiger partial charge in [-0.15, -0.1) is 0 Å². The summed E-state index contributed by atoms with van der Waals surface area (Å²) in [6.45, 7) is 3.93. The molecule has 39 heavy (non-hydrogen) atoms. The van der Waals surface area contributed by atoms with E-state index in [9.17, 15) is 18.0 Å². The summed E-state index contributed by atoms with van der Waals surface area (Å²) >= 11 is 0. The first-order chi connectivity index (χ1) is 18.4. The van der Waals surface area contributed by atoms with Crippen LogP contribution < -0.4 is 10.3 Å². The van der Waals surface area contributed by atoms with Gasteiger partial charge in [-0.25, -0.2) is 4.39 Å². The van der Waals surface area contributed by atoms with Crippen molar-refractivity contribution in [2.45, 2.75) is 26.1 Å². The van der Waals surface area contributed by atoms with Crippen LogP contribution in [0.25, 0.3) is 22.3 Å². The van der Waals surface area contributed by atoms with E-state index in [1.807, 2.05) is 18.2 Å². The molecule has 5 aromatic rings. The van der Waals surface area contributed by atoms with Crippen molar-refractivity contribution in [3.8, 4) is 11.4 Å². The Hall–Kier alpha value is -3.97. The number of pyridine rings is 1. The quantitative estimate of drug-likeness (QED) is 0.232. The molecule has 6 nitrogen and oxygen atoms in total. The summed E-state index contributed by atoms with van der Waals surface area (Å²) in [6.07, 6.45) is 1.57. The number of aromatic nitrogens is 3.